The van der Waals surface area contributed by atoms with Crippen LogP contribution < -0.4 is 10.5 Å². The molecule has 2 rings (SSSR count). The molecular weight excluding hydrogens is 228 g/mol. The van der Waals surface area contributed by atoms with E-state index >= 15 is 0 Å². The zero-order valence-corrected chi connectivity index (χ0v) is 10.7. The summed E-state index contributed by atoms with van der Waals surface area (Å²) in [5, 5.41) is 8.09. The van der Waals surface area contributed by atoms with Crippen LogP contribution in [0.25, 0.3) is 0 Å². The summed E-state index contributed by atoms with van der Waals surface area (Å²) in [7, 11) is 1.61. The Labute approximate surface area is 106 Å². The molecule has 0 aliphatic carbocycles. The van der Waals surface area contributed by atoms with E-state index in [0.29, 0.717) is 5.75 Å². The average Bonchev–Trinajstić information content (AvgIpc) is 2.41. The number of nitrogens with zero attached hydrogens (tertiary/aromatic N) is 3. The molecule has 2 N–H and O–H groups in total. The van der Waals surface area contributed by atoms with Crippen LogP contribution in [0.3, 0.4) is 0 Å². The van der Waals surface area contributed by atoms with Gasteiger partial charge in [-0.1, -0.05) is 0 Å². The van der Waals surface area contributed by atoms with Crippen molar-refractivity contribution < 1.29 is 4.74 Å². The Morgan fingerprint density at radius 3 is 2.67 bits per heavy atom. The second-order valence-corrected chi connectivity index (χ2v) is 4.16. The van der Waals surface area contributed by atoms with Gasteiger partial charge in [0.1, 0.15) is 5.75 Å². The van der Waals surface area contributed by atoms with Crippen LogP contribution in [0.5, 0.6) is 5.75 Å². The number of nitrogens with two attached hydrogens (primary N) is 1. The third-order valence-electron chi connectivity index (χ3n) is 2.80. The van der Waals surface area contributed by atoms with Crippen LogP contribution in [-0.4, -0.2) is 22.3 Å². The van der Waals surface area contributed by atoms with Gasteiger partial charge in [-0.15, -0.1) is 0 Å². The lowest BCUT2D eigenvalue weighted by Gasteiger charge is -2.15. The van der Waals surface area contributed by atoms with Crippen molar-refractivity contribution in [2.75, 3.05) is 7.11 Å². The van der Waals surface area contributed by atoms with Gasteiger partial charge in [0.2, 0.25) is 0 Å². The zero-order valence-electron chi connectivity index (χ0n) is 10.7. The molecule has 0 radical (unpaired) electrons. The molecule has 0 spiro atoms. The number of ether oxygens (including phenoxy) is 1. The van der Waals surface area contributed by atoms with E-state index in [1.54, 1.807) is 19.5 Å². The first-order chi connectivity index (χ1) is 8.61. The molecule has 5 nitrogen and oxygen atoms in total. The summed E-state index contributed by atoms with van der Waals surface area (Å²) < 4.78 is 5.15. The van der Waals surface area contributed by atoms with Crippen molar-refractivity contribution in [1.29, 1.82) is 0 Å². The summed E-state index contributed by atoms with van der Waals surface area (Å²) in [6.45, 7) is 3.79. The van der Waals surface area contributed by atoms with Crippen molar-refractivity contribution in [2.24, 2.45) is 5.73 Å². The molecular formula is C13H16N4O. The third-order valence-corrected chi connectivity index (χ3v) is 2.80. The van der Waals surface area contributed by atoms with E-state index in [2.05, 4.69) is 15.2 Å². The number of hydrogen-bond acceptors (Lipinski definition) is 5. The summed E-state index contributed by atoms with van der Waals surface area (Å²) in [5.74, 6) is 0.694. The fourth-order valence-electron chi connectivity index (χ4n) is 1.78. The highest BCUT2D eigenvalue weighted by Gasteiger charge is 2.14. The SMILES string of the molecule is COc1cncc(C(N)c2cc(C)nnc2C)c1. The molecule has 0 aromatic carbocycles. The Balaban J connectivity index is 2.40. The second-order valence-electron chi connectivity index (χ2n) is 4.16. The fourth-order valence-corrected chi connectivity index (χ4v) is 1.78. The number of aromatic nitrogens is 3. The fraction of sp³-hybridized carbons (Fsp3) is 0.308. The van der Waals surface area contributed by atoms with Gasteiger partial charge in [-0.05, 0) is 37.1 Å². The van der Waals surface area contributed by atoms with Crippen LogP contribution in [0, 0.1) is 13.8 Å². The van der Waals surface area contributed by atoms with E-state index < -0.39 is 0 Å². The van der Waals surface area contributed by atoms with Gasteiger partial charge in [0, 0.05) is 6.20 Å². The number of hydrogen-bond donors (Lipinski definition) is 1. The molecule has 2 heterocycles. The van der Waals surface area contributed by atoms with Crippen LogP contribution in [-0.2, 0) is 0 Å². The van der Waals surface area contributed by atoms with E-state index in [1.165, 1.54) is 0 Å². The molecule has 0 amide bonds. The van der Waals surface area contributed by atoms with E-state index in [9.17, 15) is 0 Å². The molecule has 1 atom stereocenters. The number of aryl methyl sites for hydroxylation is 2. The Morgan fingerprint density at radius 1 is 1.17 bits per heavy atom. The average molecular weight is 244 g/mol. The monoisotopic (exact) mass is 244 g/mol. The molecule has 0 aliphatic heterocycles. The maximum atomic E-state index is 6.25. The summed E-state index contributed by atoms with van der Waals surface area (Å²) in [6.07, 6.45) is 3.39. The number of rotatable bonds is 3. The van der Waals surface area contributed by atoms with E-state index in [-0.39, 0.29) is 6.04 Å². The molecule has 0 fully saturated rings. The van der Waals surface area contributed by atoms with Gasteiger partial charge in [-0.25, -0.2) is 0 Å². The topological polar surface area (TPSA) is 73.9 Å². The highest BCUT2D eigenvalue weighted by molar-refractivity contribution is 5.35. The summed E-state index contributed by atoms with van der Waals surface area (Å²) in [4.78, 5) is 4.11. The van der Waals surface area contributed by atoms with Crippen molar-refractivity contribution in [1.82, 2.24) is 15.2 Å². The number of methoxy groups -OCH3 is 1. The molecule has 2 aromatic rings. The predicted molar refractivity (Wildman–Crippen MR) is 68.3 cm³/mol. The molecule has 1 unspecified atom stereocenters. The molecule has 0 saturated heterocycles. The first-order valence-electron chi connectivity index (χ1n) is 5.67. The van der Waals surface area contributed by atoms with Crippen LogP contribution >= 0.6 is 0 Å². The maximum Gasteiger partial charge on any atom is 0.137 e. The van der Waals surface area contributed by atoms with Gasteiger partial charge in [0.05, 0.1) is 30.7 Å². The minimum atomic E-state index is -0.276. The van der Waals surface area contributed by atoms with E-state index in [4.69, 9.17) is 10.5 Å². The highest BCUT2D eigenvalue weighted by atomic mass is 16.5. The number of pyridine rings is 1. The van der Waals surface area contributed by atoms with Gasteiger partial charge in [0.25, 0.3) is 0 Å². The van der Waals surface area contributed by atoms with Crippen molar-refractivity contribution in [2.45, 2.75) is 19.9 Å². The van der Waals surface area contributed by atoms with Crippen molar-refractivity contribution in [3.05, 3.63) is 47.0 Å². The molecule has 18 heavy (non-hydrogen) atoms. The van der Waals surface area contributed by atoms with Gasteiger partial charge < -0.3 is 10.5 Å². The summed E-state index contributed by atoms with van der Waals surface area (Å²) in [6, 6.07) is 3.56. The van der Waals surface area contributed by atoms with Crippen molar-refractivity contribution >= 4 is 0 Å². The first-order valence-corrected chi connectivity index (χ1v) is 5.67. The van der Waals surface area contributed by atoms with Gasteiger partial charge in [-0.2, -0.15) is 10.2 Å². The quantitative estimate of drug-likeness (QED) is 0.886. The lowest BCUT2D eigenvalue weighted by molar-refractivity contribution is 0.412. The lowest BCUT2D eigenvalue weighted by atomic mass is 10.00. The Bertz CT molecular complexity index is 556. The van der Waals surface area contributed by atoms with Crippen molar-refractivity contribution in [3.8, 4) is 5.75 Å². The normalized spacial score (nSPS) is 12.2. The van der Waals surface area contributed by atoms with Crippen LogP contribution in [0.2, 0.25) is 0 Å². The summed E-state index contributed by atoms with van der Waals surface area (Å²) >= 11 is 0. The molecule has 0 bridgehead atoms. The maximum absolute atomic E-state index is 6.25. The smallest absolute Gasteiger partial charge is 0.137 e. The molecule has 94 valence electrons. The highest BCUT2D eigenvalue weighted by Crippen LogP contribution is 2.23. The van der Waals surface area contributed by atoms with Gasteiger partial charge >= 0.3 is 0 Å². The molecule has 0 saturated carbocycles. The third kappa shape index (κ3) is 2.46. The van der Waals surface area contributed by atoms with Crippen LogP contribution in [0.15, 0.2) is 24.5 Å². The molecule has 5 heteroatoms. The van der Waals surface area contributed by atoms with E-state index in [0.717, 1.165) is 22.5 Å². The molecule has 0 aliphatic rings. The minimum Gasteiger partial charge on any atom is -0.495 e. The van der Waals surface area contributed by atoms with Crippen LogP contribution in [0.1, 0.15) is 28.6 Å². The zero-order chi connectivity index (χ0) is 13.1. The standard InChI is InChI=1S/C13H16N4O/c1-8-4-12(9(2)17-16-8)13(14)10-5-11(18-3)7-15-6-10/h4-7,13H,14H2,1-3H3. The largest absolute Gasteiger partial charge is 0.495 e. The van der Waals surface area contributed by atoms with Crippen LogP contribution in [0.4, 0.5) is 0 Å². The van der Waals surface area contributed by atoms with Gasteiger partial charge in [-0.3, -0.25) is 4.98 Å². The predicted octanol–water partition coefficient (Wildman–Crippen LogP) is 1.55. The molecule has 2 aromatic heterocycles. The van der Waals surface area contributed by atoms with Gasteiger partial charge in [0.15, 0.2) is 0 Å². The summed E-state index contributed by atoms with van der Waals surface area (Å²) in [5.41, 5.74) is 9.77. The Hall–Kier alpha value is -2.01. The lowest BCUT2D eigenvalue weighted by Crippen LogP contribution is -2.15. The second kappa shape index (κ2) is 5.10. The Kier molecular flexibility index (Phi) is 3.53. The first kappa shape index (κ1) is 12.4. The van der Waals surface area contributed by atoms with E-state index in [1.807, 2.05) is 26.0 Å². The van der Waals surface area contributed by atoms with Crippen molar-refractivity contribution in [3.63, 3.8) is 0 Å². The minimum absolute atomic E-state index is 0.276. The Morgan fingerprint density at radius 2 is 1.94 bits per heavy atom.